The van der Waals surface area contributed by atoms with Crippen molar-refractivity contribution >= 4 is 11.6 Å². The van der Waals surface area contributed by atoms with E-state index in [9.17, 15) is 22.0 Å². The fourth-order valence-corrected chi connectivity index (χ4v) is 5.15. The van der Waals surface area contributed by atoms with Gasteiger partial charge in [-0.25, -0.2) is 9.37 Å². The van der Waals surface area contributed by atoms with Gasteiger partial charge in [0, 0.05) is 37.8 Å². The molecule has 0 saturated heterocycles. The number of nitrogens with zero attached hydrogens (tertiary/aromatic N) is 3. The number of fused-ring (bicyclic) bond motifs is 1. The first-order chi connectivity index (χ1) is 17.1. The van der Waals surface area contributed by atoms with Gasteiger partial charge in [0.25, 0.3) is 0 Å². The minimum absolute atomic E-state index is 0.0593. The molecule has 0 fully saturated rings. The van der Waals surface area contributed by atoms with Gasteiger partial charge < -0.3 is 14.8 Å². The highest BCUT2D eigenvalue weighted by Crippen LogP contribution is 2.39. The molecule has 0 amide bonds. The highest BCUT2D eigenvalue weighted by atomic mass is 19.4. The third-order valence-corrected chi connectivity index (χ3v) is 6.61. The molecule has 3 aromatic rings. The number of anilines is 2. The summed E-state index contributed by atoms with van der Waals surface area (Å²) in [5, 5.41) is 3.02. The number of hydrogen-bond acceptors (Lipinski definition) is 3. The fourth-order valence-electron chi connectivity index (χ4n) is 5.15. The van der Waals surface area contributed by atoms with Crippen LogP contribution in [0.2, 0.25) is 0 Å². The van der Waals surface area contributed by atoms with Crippen LogP contribution in [0, 0.1) is 32.5 Å². The van der Waals surface area contributed by atoms with E-state index in [1.807, 2.05) is 37.8 Å². The minimum Gasteiger partial charge on any atom is -0.312 e. The minimum atomic E-state index is -4.61. The van der Waals surface area contributed by atoms with Crippen molar-refractivity contribution in [2.75, 3.05) is 24.7 Å². The van der Waals surface area contributed by atoms with Crippen LogP contribution in [0.25, 0.3) is 0 Å². The standard InChI is InChI=1S/C27H31F5N4/c1-17-11-18(2)24(19(3)12-17)36-10-4-9-35-23(25(27(30,31)32)34-26(35)36)16-33-15-21(14-28)13-20-5-7-22(29)8-6-20/h5-8,11-12,21,33H,4,9-10,13-16H2,1-3H3. The molecule has 4 nitrogen and oxygen atoms in total. The van der Waals surface area contributed by atoms with Crippen molar-refractivity contribution in [3.05, 3.63) is 75.9 Å². The number of alkyl halides is 4. The summed E-state index contributed by atoms with van der Waals surface area (Å²) < 4.78 is 70.5. The Bertz CT molecular complexity index is 1180. The van der Waals surface area contributed by atoms with Crippen LogP contribution in [0.15, 0.2) is 36.4 Å². The Morgan fingerprint density at radius 3 is 2.31 bits per heavy atom. The van der Waals surface area contributed by atoms with Gasteiger partial charge in [-0.05, 0) is 62.4 Å². The third-order valence-electron chi connectivity index (χ3n) is 6.61. The Morgan fingerprint density at radius 2 is 1.69 bits per heavy atom. The van der Waals surface area contributed by atoms with Crippen molar-refractivity contribution in [1.29, 1.82) is 0 Å². The maximum absolute atomic E-state index is 14.0. The highest BCUT2D eigenvalue weighted by Gasteiger charge is 2.40. The molecule has 1 atom stereocenters. The third kappa shape index (κ3) is 5.56. The van der Waals surface area contributed by atoms with Gasteiger partial charge in [0.05, 0.1) is 12.4 Å². The zero-order valence-electron chi connectivity index (χ0n) is 20.7. The maximum atomic E-state index is 14.0. The second-order valence-corrected chi connectivity index (χ2v) is 9.59. The van der Waals surface area contributed by atoms with Crippen molar-refractivity contribution in [3.63, 3.8) is 0 Å². The monoisotopic (exact) mass is 506 g/mol. The summed E-state index contributed by atoms with van der Waals surface area (Å²) in [5.74, 6) is -0.527. The summed E-state index contributed by atoms with van der Waals surface area (Å²) in [4.78, 5) is 5.97. The smallest absolute Gasteiger partial charge is 0.312 e. The van der Waals surface area contributed by atoms with Crippen LogP contribution in [0.4, 0.5) is 33.6 Å². The Balaban J connectivity index is 1.58. The van der Waals surface area contributed by atoms with Crippen LogP contribution in [0.1, 0.15) is 40.1 Å². The van der Waals surface area contributed by atoms with Crippen LogP contribution >= 0.6 is 0 Å². The summed E-state index contributed by atoms with van der Waals surface area (Å²) in [5.41, 5.74) is 3.89. The van der Waals surface area contributed by atoms with Gasteiger partial charge in [0.15, 0.2) is 5.69 Å². The van der Waals surface area contributed by atoms with Crippen LogP contribution in [0.3, 0.4) is 0 Å². The predicted octanol–water partition coefficient (Wildman–Crippen LogP) is 6.43. The SMILES string of the molecule is Cc1cc(C)c(N2CCCn3c2nc(C(F)(F)F)c3CNCC(CF)Cc2ccc(F)cc2)c(C)c1. The number of rotatable bonds is 8. The number of aromatic nitrogens is 2. The van der Waals surface area contributed by atoms with E-state index in [4.69, 9.17) is 0 Å². The quantitative estimate of drug-likeness (QED) is 0.358. The first kappa shape index (κ1) is 26.1. The number of halogens is 5. The number of hydrogen-bond donors (Lipinski definition) is 1. The molecular weight excluding hydrogens is 475 g/mol. The average Bonchev–Trinajstić information content (AvgIpc) is 3.19. The van der Waals surface area contributed by atoms with Gasteiger partial charge in [0.1, 0.15) is 5.82 Å². The average molecular weight is 507 g/mol. The number of aryl methyl sites for hydroxylation is 3. The summed E-state index contributed by atoms with van der Waals surface area (Å²) in [7, 11) is 0. The van der Waals surface area contributed by atoms with Gasteiger partial charge in [-0.2, -0.15) is 13.2 Å². The lowest BCUT2D eigenvalue weighted by Gasteiger charge is -2.32. The van der Waals surface area contributed by atoms with E-state index in [1.165, 1.54) is 12.1 Å². The van der Waals surface area contributed by atoms with Crippen LogP contribution < -0.4 is 10.2 Å². The Kier molecular flexibility index (Phi) is 7.68. The molecule has 1 N–H and O–H groups in total. The molecule has 0 aliphatic carbocycles. The molecule has 4 rings (SSSR count). The predicted molar refractivity (Wildman–Crippen MR) is 131 cm³/mol. The first-order valence-electron chi connectivity index (χ1n) is 12.1. The number of nitrogens with one attached hydrogen (secondary N) is 1. The molecule has 1 aliphatic heterocycles. The molecule has 1 unspecified atom stereocenters. The van der Waals surface area contributed by atoms with E-state index in [0.29, 0.717) is 25.9 Å². The van der Waals surface area contributed by atoms with E-state index in [0.717, 1.165) is 27.9 Å². The van der Waals surface area contributed by atoms with E-state index in [2.05, 4.69) is 10.3 Å². The summed E-state index contributed by atoms with van der Waals surface area (Å²) >= 11 is 0. The zero-order valence-corrected chi connectivity index (χ0v) is 20.7. The van der Waals surface area contributed by atoms with Crippen molar-refractivity contribution in [2.24, 2.45) is 5.92 Å². The highest BCUT2D eigenvalue weighted by molar-refractivity contribution is 5.68. The molecule has 1 aromatic heterocycles. The number of imidazole rings is 1. The largest absolute Gasteiger partial charge is 0.435 e. The molecule has 194 valence electrons. The molecule has 2 aromatic carbocycles. The lowest BCUT2D eigenvalue weighted by molar-refractivity contribution is -0.141. The van der Waals surface area contributed by atoms with Crippen molar-refractivity contribution in [2.45, 2.75) is 52.9 Å². The van der Waals surface area contributed by atoms with Gasteiger partial charge in [-0.15, -0.1) is 0 Å². The van der Waals surface area contributed by atoms with Gasteiger partial charge >= 0.3 is 6.18 Å². The Morgan fingerprint density at radius 1 is 1.03 bits per heavy atom. The molecule has 2 heterocycles. The van der Waals surface area contributed by atoms with Gasteiger partial charge in [-0.1, -0.05) is 29.8 Å². The maximum Gasteiger partial charge on any atom is 0.435 e. The van der Waals surface area contributed by atoms with Crippen LogP contribution in [-0.2, 0) is 25.7 Å². The van der Waals surface area contributed by atoms with Crippen molar-refractivity contribution in [1.82, 2.24) is 14.9 Å². The van der Waals surface area contributed by atoms with E-state index in [-0.39, 0.29) is 30.5 Å². The van der Waals surface area contributed by atoms with E-state index >= 15 is 0 Å². The zero-order chi connectivity index (χ0) is 26.0. The molecule has 9 heteroatoms. The second kappa shape index (κ2) is 10.6. The molecule has 0 saturated carbocycles. The molecule has 1 aliphatic rings. The van der Waals surface area contributed by atoms with Gasteiger partial charge in [-0.3, -0.25) is 4.39 Å². The van der Waals surface area contributed by atoms with Crippen molar-refractivity contribution in [3.8, 4) is 0 Å². The summed E-state index contributed by atoms with van der Waals surface area (Å²) in [6.45, 7) is 6.39. The lowest BCUT2D eigenvalue weighted by Crippen LogP contribution is -2.31. The van der Waals surface area contributed by atoms with Crippen LogP contribution in [-0.4, -0.2) is 29.3 Å². The first-order valence-corrected chi connectivity index (χ1v) is 12.1. The Labute approximate surface area is 208 Å². The summed E-state index contributed by atoms with van der Waals surface area (Å²) in [6.07, 6.45) is -3.57. The molecule has 0 spiro atoms. The van der Waals surface area contributed by atoms with E-state index in [1.54, 1.807) is 16.7 Å². The molecule has 0 bridgehead atoms. The fraction of sp³-hybridized carbons (Fsp3) is 0.444. The van der Waals surface area contributed by atoms with E-state index < -0.39 is 24.5 Å². The second-order valence-electron chi connectivity index (χ2n) is 9.59. The van der Waals surface area contributed by atoms with Crippen molar-refractivity contribution < 1.29 is 22.0 Å². The normalized spacial score (nSPS) is 14.7. The number of benzene rings is 2. The molecular formula is C27H31F5N4. The summed E-state index contributed by atoms with van der Waals surface area (Å²) in [6, 6.07) is 9.86. The Hall–Kier alpha value is -2.94. The molecule has 0 radical (unpaired) electrons. The van der Waals surface area contributed by atoms with Crippen LogP contribution in [0.5, 0.6) is 0 Å². The molecule has 36 heavy (non-hydrogen) atoms. The topological polar surface area (TPSA) is 33.1 Å². The lowest BCUT2D eigenvalue weighted by atomic mass is 10.0. The van der Waals surface area contributed by atoms with Gasteiger partial charge in [0.2, 0.25) is 5.95 Å².